The van der Waals surface area contributed by atoms with E-state index in [1.54, 1.807) is 24.3 Å². The first-order chi connectivity index (χ1) is 13.9. The summed E-state index contributed by atoms with van der Waals surface area (Å²) in [5.74, 6) is -0.606. The van der Waals surface area contributed by atoms with Crippen molar-refractivity contribution in [3.8, 4) is 5.75 Å². The Kier molecular flexibility index (Phi) is 6.64. The average molecular weight is 419 g/mol. The van der Waals surface area contributed by atoms with E-state index in [4.69, 9.17) is 4.74 Å². The largest absolute Gasteiger partial charge is 0.494 e. The molecular formula is C21H26N2O5S. The summed E-state index contributed by atoms with van der Waals surface area (Å²) in [7, 11) is -3.93. The number of nitrogens with zero attached hydrogens (tertiary/aromatic N) is 1. The highest BCUT2D eigenvalue weighted by molar-refractivity contribution is 7.92. The van der Waals surface area contributed by atoms with Crippen molar-refractivity contribution in [2.75, 3.05) is 29.3 Å². The van der Waals surface area contributed by atoms with Crippen LogP contribution in [0.5, 0.6) is 5.75 Å². The summed E-state index contributed by atoms with van der Waals surface area (Å²) in [6.07, 6.45) is 4.47. The molecule has 0 amide bonds. The fourth-order valence-electron chi connectivity index (χ4n) is 3.41. The molecule has 1 saturated heterocycles. The molecule has 0 aliphatic carbocycles. The maximum absolute atomic E-state index is 12.7. The number of nitrogens with one attached hydrogen (secondary N) is 1. The molecule has 1 aliphatic heterocycles. The molecule has 1 aliphatic rings. The van der Waals surface area contributed by atoms with Gasteiger partial charge >= 0.3 is 5.97 Å². The fraction of sp³-hybridized carbons (Fsp3) is 0.381. The molecule has 2 N–H and O–H groups in total. The first-order valence-corrected chi connectivity index (χ1v) is 11.3. The van der Waals surface area contributed by atoms with E-state index in [0.29, 0.717) is 12.4 Å². The van der Waals surface area contributed by atoms with Gasteiger partial charge in [0.1, 0.15) is 5.75 Å². The van der Waals surface area contributed by atoms with Crippen molar-refractivity contribution in [1.82, 2.24) is 0 Å². The topological polar surface area (TPSA) is 95.9 Å². The third-order valence-corrected chi connectivity index (χ3v) is 6.28. The summed E-state index contributed by atoms with van der Waals surface area (Å²) < 4.78 is 33.2. The molecule has 156 valence electrons. The van der Waals surface area contributed by atoms with Crippen LogP contribution in [-0.4, -0.2) is 39.2 Å². The first-order valence-electron chi connectivity index (χ1n) is 9.78. The van der Waals surface area contributed by atoms with Crippen molar-refractivity contribution >= 4 is 27.4 Å². The van der Waals surface area contributed by atoms with Crippen molar-refractivity contribution in [1.29, 1.82) is 0 Å². The third-order valence-electron chi connectivity index (χ3n) is 4.89. The summed E-state index contributed by atoms with van der Waals surface area (Å²) in [4.78, 5) is 14.0. The summed E-state index contributed by atoms with van der Waals surface area (Å²) in [6, 6.07) is 10.8. The van der Waals surface area contributed by atoms with E-state index in [1.165, 1.54) is 31.0 Å². The Hall–Kier alpha value is -2.74. The average Bonchev–Trinajstić information content (AvgIpc) is 2.98. The highest BCUT2D eigenvalue weighted by Gasteiger charge is 2.20. The van der Waals surface area contributed by atoms with E-state index in [-0.39, 0.29) is 16.1 Å². The number of ether oxygens (including phenoxy) is 1. The van der Waals surface area contributed by atoms with Crippen LogP contribution in [0.1, 0.15) is 43.0 Å². The Labute approximate surface area is 171 Å². The minimum absolute atomic E-state index is 0.0360. The van der Waals surface area contributed by atoms with Gasteiger partial charge in [-0.2, -0.15) is 0 Å². The molecule has 2 aromatic carbocycles. The van der Waals surface area contributed by atoms with Gasteiger partial charge in [0.05, 0.1) is 22.8 Å². The van der Waals surface area contributed by atoms with E-state index >= 15 is 0 Å². The van der Waals surface area contributed by atoms with E-state index < -0.39 is 16.0 Å². The number of hydrogen-bond donors (Lipinski definition) is 2. The molecule has 0 spiro atoms. The number of sulfonamides is 1. The van der Waals surface area contributed by atoms with E-state index in [9.17, 15) is 18.3 Å². The number of hydrogen-bond acceptors (Lipinski definition) is 5. The van der Waals surface area contributed by atoms with Crippen molar-refractivity contribution in [2.45, 2.75) is 37.5 Å². The standard InChI is InChI=1S/C21H26N2O5S/c1-2-28-17-8-10-18(11-9-17)29(26,27)22-20-12-7-16(15-19(20)21(24)25)23-13-5-3-4-6-14-23/h7-12,15,22H,2-6,13-14H2,1H3,(H,24,25). The van der Waals surface area contributed by atoms with Crippen LogP contribution in [0.25, 0.3) is 0 Å². The lowest BCUT2D eigenvalue weighted by molar-refractivity contribution is 0.0698. The summed E-state index contributed by atoms with van der Waals surface area (Å²) in [6.45, 7) is 4.07. The highest BCUT2D eigenvalue weighted by Crippen LogP contribution is 2.28. The summed E-state index contributed by atoms with van der Waals surface area (Å²) in [5.41, 5.74) is 0.777. The molecular weight excluding hydrogens is 392 g/mol. The molecule has 0 unspecified atom stereocenters. The zero-order valence-corrected chi connectivity index (χ0v) is 17.2. The third kappa shape index (κ3) is 5.20. The quantitative estimate of drug-likeness (QED) is 0.706. The van der Waals surface area contributed by atoms with E-state index in [0.717, 1.165) is 31.6 Å². The number of aromatic carboxylic acids is 1. The summed E-state index contributed by atoms with van der Waals surface area (Å²) in [5, 5.41) is 9.64. The van der Waals surface area contributed by atoms with Gasteiger partial charge in [0.15, 0.2) is 0 Å². The molecule has 0 radical (unpaired) electrons. The predicted octanol–water partition coefficient (Wildman–Crippen LogP) is 3.96. The Morgan fingerprint density at radius 1 is 1.07 bits per heavy atom. The van der Waals surface area contributed by atoms with E-state index in [2.05, 4.69) is 9.62 Å². The molecule has 1 fully saturated rings. The molecule has 29 heavy (non-hydrogen) atoms. The molecule has 0 aromatic heterocycles. The van der Waals surface area contributed by atoms with Gasteiger partial charge in [-0.15, -0.1) is 0 Å². The number of anilines is 2. The summed E-state index contributed by atoms with van der Waals surface area (Å²) >= 11 is 0. The Morgan fingerprint density at radius 3 is 2.31 bits per heavy atom. The molecule has 2 aromatic rings. The number of carboxylic acids is 1. The number of carboxylic acid groups (broad SMARTS) is 1. The van der Waals surface area contributed by atoms with Gasteiger partial charge < -0.3 is 14.7 Å². The lowest BCUT2D eigenvalue weighted by Gasteiger charge is -2.23. The van der Waals surface area contributed by atoms with Gasteiger partial charge in [-0.1, -0.05) is 12.8 Å². The second kappa shape index (κ2) is 9.17. The van der Waals surface area contributed by atoms with Gasteiger partial charge in [-0.05, 0) is 62.2 Å². The molecule has 0 atom stereocenters. The number of carbonyl (C=O) groups is 1. The second-order valence-corrected chi connectivity index (χ2v) is 8.63. The fourth-order valence-corrected chi connectivity index (χ4v) is 4.49. The minimum atomic E-state index is -3.93. The maximum atomic E-state index is 12.7. The Morgan fingerprint density at radius 2 is 1.72 bits per heavy atom. The van der Waals surface area contributed by atoms with Crippen molar-refractivity contribution in [3.63, 3.8) is 0 Å². The molecule has 8 heteroatoms. The zero-order valence-electron chi connectivity index (χ0n) is 16.4. The van der Waals surface area contributed by atoms with Crippen LogP contribution in [0.3, 0.4) is 0 Å². The van der Waals surface area contributed by atoms with Crippen molar-refractivity contribution in [3.05, 3.63) is 48.0 Å². The molecule has 7 nitrogen and oxygen atoms in total. The van der Waals surface area contributed by atoms with Crippen molar-refractivity contribution < 1.29 is 23.1 Å². The van der Waals surface area contributed by atoms with Gasteiger partial charge in [-0.25, -0.2) is 13.2 Å². The minimum Gasteiger partial charge on any atom is -0.494 e. The SMILES string of the molecule is CCOc1ccc(S(=O)(=O)Nc2ccc(N3CCCCCC3)cc2C(=O)O)cc1. The van der Waals surface area contributed by atoms with Crippen molar-refractivity contribution in [2.24, 2.45) is 0 Å². The van der Waals surface area contributed by atoms with Gasteiger partial charge in [0.2, 0.25) is 0 Å². The number of benzene rings is 2. The maximum Gasteiger partial charge on any atom is 0.337 e. The molecule has 1 heterocycles. The zero-order chi connectivity index (χ0) is 20.9. The van der Waals surface area contributed by atoms with Crippen LogP contribution in [0, 0.1) is 0 Å². The van der Waals surface area contributed by atoms with Gasteiger partial charge in [-0.3, -0.25) is 4.72 Å². The Balaban J connectivity index is 1.86. The predicted molar refractivity (Wildman–Crippen MR) is 113 cm³/mol. The van der Waals surface area contributed by atoms with Crippen LogP contribution in [0.4, 0.5) is 11.4 Å². The Bertz CT molecular complexity index is 950. The molecule has 3 rings (SSSR count). The van der Waals surface area contributed by atoms with Crippen LogP contribution in [0.15, 0.2) is 47.4 Å². The van der Waals surface area contributed by atoms with Gasteiger partial charge in [0, 0.05) is 18.8 Å². The van der Waals surface area contributed by atoms with Crippen LogP contribution >= 0.6 is 0 Å². The second-order valence-electron chi connectivity index (χ2n) is 6.95. The van der Waals surface area contributed by atoms with Crippen LogP contribution in [0.2, 0.25) is 0 Å². The van der Waals surface area contributed by atoms with Crippen LogP contribution < -0.4 is 14.4 Å². The monoisotopic (exact) mass is 418 g/mol. The number of rotatable bonds is 7. The highest BCUT2D eigenvalue weighted by atomic mass is 32.2. The van der Waals surface area contributed by atoms with E-state index in [1.807, 2.05) is 6.92 Å². The lowest BCUT2D eigenvalue weighted by atomic mass is 10.1. The molecule has 0 bridgehead atoms. The molecule has 0 saturated carbocycles. The van der Waals surface area contributed by atoms with Crippen LogP contribution in [-0.2, 0) is 10.0 Å². The van der Waals surface area contributed by atoms with Gasteiger partial charge in [0.25, 0.3) is 10.0 Å². The normalized spacial score (nSPS) is 14.9. The lowest BCUT2D eigenvalue weighted by Crippen LogP contribution is -2.24. The smallest absolute Gasteiger partial charge is 0.337 e. The first kappa shape index (κ1) is 21.0.